The molecule has 0 bridgehead atoms. The van der Waals surface area contributed by atoms with E-state index in [2.05, 4.69) is 15.4 Å². The molecule has 3 aromatic rings. The van der Waals surface area contributed by atoms with Gasteiger partial charge in [-0.15, -0.1) is 5.10 Å². The van der Waals surface area contributed by atoms with Crippen molar-refractivity contribution < 1.29 is 5.11 Å². The zero-order chi connectivity index (χ0) is 11.8. The maximum atomic E-state index is 9.77. The van der Waals surface area contributed by atoms with Gasteiger partial charge >= 0.3 is 0 Å². The molecule has 0 aliphatic rings. The molecule has 0 unspecified atom stereocenters. The van der Waals surface area contributed by atoms with Gasteiger partial charge in [0.2, 0.25) is 0 Å². The quantitative estimate of drug-likeness (QED) is 0.693. The summed E-state index contributed by atoms with van der Waals surface area (Å²) in [5.41, 5.74) is 2.90. The second kappa shape index (κ2) is 3.75. The Bertz CT molecular complexity index is 679. The third-order valence-corrected chi connectivity index (χ3v) is 2.98. The van der Waals surface area contributed by atoms with Crippen molar-refractivity contribution >= 4 is 22.6 Å². The van der Waals surface area contributed by atoms with Crippen LogP contribution in [0.3, 0.4) is 0 Å². The van der Waals surface area contributed by atoms with Gasteiger partial charge < -0.3 is 5.11 Å². The zero-order valence-electron chi connectivity index (χ0n) is 8.68. The number of phenolic OH excluding ortho intramolecular Hbond substituents is 1. The molecule has 17 heavy (non-hydrogen) atoms. The summed E-state index contributed by atoms with van der Waals surface area (Å²) in [6, 6.07) is 11.1. The van der Waals surface area contributed by atoms with E-state index in [1.54, 1.807) is 0 Å². The lowest BCUT2D eigenvalue weighted by molar-refractivity contribution is 0.476. The van der Waals surface area contributed by atoms with Crippen LogP contribution in [0.25, 0.3) is 22.2 Å². The van der Waals surface area contributed by atoms with E-state index in [0.29, 0.717) is 16.6 Å². The van der Waals surface area contributed by atoms with Crippen molar-refractivity contribution in [3.8, 4) is 16.9 Å². The molecule has 2 aromatic carbocycles. The number of aromatic nitrogens is 3. The molecule has 0 saturated heterocycles. The summed E-state index contributed by atoms with van der Waals surface area (Å²) in [5, 5.41) is 20.5. The molecule has 5 heteroatoms. The summed E-state index contributed by atoms with van der Waals surface area (Å²) >= 11 is 6.13. The first-order valence-corrected chi connectivity index (χ1v) is 5.43. The van der Waals surface area contributed by atoms with Crippen LogP contribution in [0.5, 0.6) is 5.75 Å². The van der Waals surface area contributed by atoms with Crippen molar-refractivity contribution in [2.75, 3.05) is 0 Å². The van der Waals surface area contributed by atoms with E-state index in [4.69, 9.17) is 11.6 Å². The summed E-state index contributed by atoms with van der Waals surface area (Å²) in [6.45, 7) is 0. The topological polar surface area (TPSA) is 61.8 Å². The van der Waals surface area contributed by atoms with Gasteiger partial charge in [-0.3, -0.25) is 5.10 Å². The molecular weight excluding hydrogens is 238 g/mol. The van der Waals surface area contributed by atoms with Crippen LogP contribution in [0.15, 0.2) is 36.4 Å². The number of hydrogen-bond donors (Lipinski definition) is 2. The number of H-pyrrole nitrogens is 1. The van der Waals surface area contributed by atoms with Crippen molar-refractivity contribution in [3.05, 3.63) is 41.4 Å². The van der Waals surface area contributed by atoms with E-state index in [1.165, 1.54) is 6.07 Å². The van der Waals surface area contributed by atoms with E-state index >= 15 is 0 Å². The fourth-order valence-corrected chi connectivity index (χ4v) is 2.07. The smallest absolute Gasteiger partial charge is 0.137 e. The van der Waals surface area contributed by atoms with Crippen molar-refractivity contribution in [1.29, 1.82) is 0 Å². The molecular formula is C12H8ClN3O. The van der Waals surface area contributed by atoms with Gasteiger partial charge in [-0.2, -0.15) is 0 Å². The Balaban J connectivity index is 2.42. The van der Waals surface area contributed by atoms with Crippen LogP contribution >= 0.6 is 11.6 Å². The average Bonchev–Trinajstić information content (AvgIpc) is 2.79. The van der Waals surface area contributed by atoms with Gasteiger partial charge in [0.1, 0.15) is 11.3 Å². The lowest BCUT2D eigenvalue weighted by Gasteiger charge is -2.06. The summed E-state index contributed by atoms with van der Waals surface area (Å²) in [6.07, 6.45) is 0. The molecule has 1 aromatic heterocycles. The van der Waals surface area contributed by atoms with Crippen molar-refractivity contribution in [1.82, 2.24) is 15.4 Å². The molecule has 0 atom stereocenters. The number of halogens is 1. The Morgan fingerprint density at radius 3 is 2.71 bits per heavy atom. The van der Waals surface area contributed by atoms with Gasteiger partial charge in [0.15, 0.2) is 0 Å². The fraction of sp³-hybridized carbons (Fsp3) is 0. The molecule has 0 fully saturated rings. The molecule has 1 heterocycles. The van der Waals surface area contributed by atoms with Gasteiger partial charge in [0.25, 0.3) is 0 Å². The van der Waals surface area contributed by atoms with Crippen molar-refractivity contribution in [2.24, 2.45) is 0 Å². The van der Waals surface area contributed by atoms with Gasteiger partial charge in [-0.25, -0.2) is 0 Å². The van der Waals surface area contributed by atoms with Gasteiger partial charge in [0, 0.05) is 11.6 Å². The molecule has 0 aliphatic heterocycles. The third kappa shape index (κ3) is 1.54. The predicted molar refractivity (Wildman–Crippen MR) is 66.0 cm³/mol. The number of nitrogens with one attached hydrogen (secondary N) is 1. The molecule has 0 aliphatic carbocycles. The molecule has 0 spiro atoms. The summed E-state index contributed by atoms with van der Waals surface area (Å²) in [4.78, 5) is 0. The standard InChI is InChI=1S/C12H8ClN3O/c13-11-9(17)6-8-12(15-16-14-8)10(11)7-4-2-1-3-5-7/h1-6,17H,(H,14,15,16). The summed E-state index contributed by atoms with van der Waals surface area (Å²) in [7, 11) is 0. The highest BCUT2D eigenvalue weighted by Crippen LogP contribution is 2.39. The van der Waals surface area contributed by atoms with Crippen molar-refractivity contribution in [3.63, 3.8) is 0 Å². The lowest BCUT2D eigenvalue weighted by Crippen LogP contribution is -1.83. The maximum Gasteiger partial charge on any atom is 0.137 e. The number of rotatable bonds is 1. The SMILES string of the molecule is Oc1cc2[nH]nnc2c(-c2ccccc2)c1Cl. The number of benzene rings is 2. The highest BCUT2D eigenvalue weighted by Gasteiger charge is 2.15. The van der Waals surface area contributed by atoms with Crippen LogP contribution in [0.2, 0.25) is 5.02 Å². The number of nitrogens with zero attached hydrogens (tertiary/aromatic N) is 2. The van der Waals surface area contributed by atoms with Gasteiger partial charge in [0.05, 0.1) is 10.5 Å². The first-order valence-electron chi connectivity index (χ1n) is 5.05. The van der Waals surface area contributed by atoms with E-state index < -0.39 is 0 Å². The van der Waals surface area contributed by atoms with E-state index in [1.807, 2.05) is 30.3 Å². The van der Waals surface area contributed by atoms with Crippen LogP contribution < -0.4 is 0 Å². The number of aromatic amines is 1. The van der Waals surface area contributed by atoms with E-state index in [0.717, 1.165) is 5.56 Å². The van der Waals surface area contributed by atoms with Gasteiger partial charge in [-0.05, 0) is 5.56 Å². The molecule has 0 amide bonds. The minimum absolute atomic E-state index is 0.0177. The third-order valence-electron chi connectivity index (χ3n) is 2.60. The lowest BCUT2D eigenvalue weighted by atomic mass is 10.0. The molecule has 0 saturated carbocycles. The average molecular weight is 246 g/mol. The highest BCUT2D eigenvalue weighted by molar-refractivity contribution is 6.36. The number of aromatic hydroxyl groups is 1. The minimum Gasteiger partial charge on any atom is -0.506 e. The Labute approximate surface area is 102 Å². The molecule has 0 radical (unpaired) electrons. The molecule has 84 valence electrons. The second-order valence-electron chi connectivity index (χ2n) is 3.66. The Morgan fingerprint density at radius 1 is 1.18 bits per heavy atom. The van der Waals surface area contributed by atoms with Gasteiger partial charge in [-0.1, -0.05) is 47.1 Å². The molecule has 2 N–H and O–H groups in total. The van der Waals surface area contributed by atoms with Crippen LogP contribution in [-0.2, 0) is 0 Å². The summed E-state index contributed by atoms with van der Waals surface area (Å²) in [5.74, 6) is 0.0177. The first kappa shape index (κ1) is 10.1. The van der Waals surface area contributed by atoms with Crippen LogP contribution in [0.4, 0.5) is 0 Å². The van der Waals surface area contributed by atoms with E-state index in [9.17, 15) is 5.11 Å². The Hall–Kier alpha value is -2.07. The summed E-state index contributed by atoms with van der Waals surface area (Å²) < 4.78 is 0. The first-order chi connectivity index (χ1) is 8.27. The van der Waals surface area contributed by atoms with Crippen LogP contribution in [-0.4, -0.2) is 20.5 Å². The fourth-order valence-electron chi connectivity index (χ4n) is 1.82. The number of fused-ring (bicyclic) bond motifs is 1. The molecule has 4 nitrogen and oxygen atoms in total. The monoisotopic (exact) mass is 245 g/mol. The minimum atomic E-state index is 0.0177. The van der Waals surface area contributed by atoms with Crippen LogP contribution in [0, 0.1) is 0 Å². The zero-order valence-corrected chi connectivity index (χ0v) is 9.44. The molecule has 3 rings (SSSR count). The van der Waals surface area contributed by atoms with E-state index in [-0.39, 0.29) is 10.8 Å². The Morgan fingerprint density at radius 2 is 1.94 bits per heavy atom. The number of phenols is 1. The van der Waals surface area contributed by atoms with Crippen LogP contribution in [0.1, 0.15) is 0 Å². The highest BCUT2D eigenvalue weighted by atomic mass is 35.5. The van der Waals surface area contributed by atoms with Crippen molar-refractivity contribution in [2.45, 2.75) is 0 Å². The largest absolute Gasteiger partial charge is 0.506 e. The number of hydrogen-bond acceptors (Lipinski definition) is 3. The maximum absolute atomic E-state index is 9.77. The predicted octanol–water partition coefficient (Wildman–Crippen LogP) is 2.98. The second-order valence-corrected chi connectivity index (χ2v) is 4.04. The normalized spacial score (nSPS) is 10.9. The Kier molecular flexibility index (Phi) is 2.23.